The highest BCUT2D eigenvalue weighted by Gasteiger charge is 2.21. The number of likely N-dealkylation sites (tertiary alicyclic amines) is 1. The quantitative estimate of drug-likeness (QED) is 0.670. The Morgan fingerprint density at radius 2 is 2.10 bits per heavy atom. The van der Waals surface area contributed by atoms with E-state index in [2.05, 4.69) is 17.3 Å². The number of ether oxygens (including phenoxy) is 1. The minimum atomic E-state index is -0.530. The first kappa shape index (κ1) is 15.2. The van der Waals surface area contributed by atoms with Crippen molar-refractivity contribution in [1.29, 1.82) is 0 Å². The van der Waals surface area contributed by atoms with Crippen LogP contribution < -0.4 is 10.1 Å². The summed E-state index contributed by atoms with van der Waals surface area (Å²) in [5, 5.41) is 13.8. The number of methoxy groups -OCH3 is 1. The molecule has 1 saturated heterocycles. The summed E-state index contributed by atoms with van der Waals surface area (Å²) in [6, 6.07) is 4.30. The lowest BCUT2D eigenvalue weighted by molar-refractivity contribution is -0.385. The second-order valence-electron chi connectivity index (χ2n) is 5.19. The normalized spacial score (nSPS) is 16.5. The highest BCUT2D eigenvalue weighted by atomic mass is 16.6. The van der Waals surface area contributed by atoms with Crippen LogP contribution in [0.3, 0.4) is 0 Å². The monoisotopic (exact) mass is 293 g/mol. The third kappa shape index (κ3) is 3.69. The topological polar surface area (TPSA) is 84.7 Å². The van der Waals surface area contributed by atoms with Crippen LogP contribution in [0.1, 0.15) is 23.2 Å². The molecule has 21 heavy (non-hydrogen) atoms. The number of carbonyl (C=O) groups excluding carboxylic acids is 1. The summed E-state index contributed by atoms with van der Waals surface area (Å²) in [4.78, 5) is 24.7. The van der Waals surface area contributed by atoms with Gasteiger partial charge in [-0.2, -0.15) is 0 Å². The maximum absolute atomic E-state index is 12.2. The molecule has 1 aromatic rings. The van der Waals surface area contributed by atoms with Crippen molar-refractivity contribution in [1.82, 2.24) is 10.2 Å². The Bertz CT molecular complexity index is 539. The van der Waals surface area contributed by atoms with Gasteiger partial charge in [-0.15, -0.1) is 0 Å². The van der Waals surface area contributed by atoms with Crippen LogP contribution in [0.25, 0.3) is 0 Å². The predicted octanol–water partition coefficient (Wildman–Crippen LogP) is 1.43. The second-order valence-corrected chi connectivity index (χ2v) is 5.19. The van der Waals surface area contributed by atoms with Gasteiger partial charge in [0.25, 0.3) is 5.91 Å². The summed E-state index contributed by atoms with van der Waals surface area (Å²) in [5.41, 5.74) is 0.227. The molecule has 0 saturated carbocycles. The Hall–Kier alpha value is -2.15. The molecule has 0 aliphatic carbocycles. The van der Waals surface area contributed by atoms with Crippen molar-refractivity contribution in [3.63, 3.8) is 0 Å². The summed E-state index contributed by atoms with van der Waals surface area (Å²) in [5.74, 6) is -0.131. The molecule has 0 bridgehead atoms. The molecule has 1 fully saturated rings. The maximum atomic E-state index is 12.2. The molecule has 0 atom stereocenters. The van der Waals surface area contributed by atoms with E-state index in [1.165, 1.54) is 25.3 Å². The fraction of sp³-hybridized carbons (Fsp3) is 0.500. The summed E-state index contributed by atoms with van der Waals surface area (Å²) in [6.07, 6.45) is 1.82. The number of nitrogens with zero attached hydrogens (tertiary/aromatic N) is 2. The Balaban J connectivity index is 2.07. The summed E-state index contributed by atoms with van der Waals surface area (Å²) < 4.78 is 4.97. The predicted molar refractivity (Wildman–Crippen MR) is 77.6 cm³/mol. The Labute approximate surface area is 123 Å². The van der Waals surface area contributed by atoms with Crippen LogP contribution in [0.2, 0.25) is 0 Å². The third-order valence-electron chi connectivity index (χ3n) is 3.69. The van der Waals surface area contributed by atoms with Crippen LogP contribution in [-0.2, 0) is 0 Å². The van der Waals surface area contributed by atoms with Crippen LogP contribution >= 0.6 is 0 Å². The van der Waals surface area contributed by atoms with Gasteiger partial charge in [0.05, 0.1) is 12.0 Å². The van der Waals surface area contributed by atoms with Crippen molar-refractivity contribution in [2.45, 2.75) is 18.9 Å². The Morgan fingerprint density at radius 1 is 1.43 bits per heavy atom. The van der Waals surface area contributed by atoms with Crippen LogP contribution in [0.5, 0.6) is 5.75 Å². The second kappa shape index (κ2) is 6.53. The standard InChI is InChI=1S/C14H19N3O4/c1-16-7-5-11(6-8-16)15-14(18)10-3-4-12(17(19)20)13(9-10)21-2/h3-4,9,11H,5-8H2,1-2H3,(H,15,18). The van der Waals surface area contributed by atoms with Gasteiger partial charge in [0.15, 0.2) is 5.75 Å². The van der Waals surface area contributed by atoms with Crippen molar-refractivity contribution >= 4 is 11.6 Å². The Kier molecular flexibility index (Phi) is 4.74. The van der Waals surface area contributed by atoms with Gasteiger partial charge < -0.3 is 15.0 Å². The zero-order valence-electron chi connectivity index (χ0n) is 12.2. The van der Waals surface area contributed by atoms with E-state index in [9.17, 15) is 14.9 Å². The van der Waals surface area contributed by atoms with E-state index in [0.717, 1.165) is 25.9 Å². The maximum Gasteiger partial charge on any atom is 0.310 e. The number of piperidine rings is 1. The molecule has 0 aromatic heterocycles. The first-order valence-corrected chi connectivity index (χ1v) is 6.83. The molecular weight excluding hydrogens is 274 g/mol. The van der Waals surface area contributed by atoms with Gasteiger partial charge in [-0.05, 0) is 39.0 Å². The molecule has 1 heterocycles. The fourth-order valence-corrected chi connectivity index (χ4v) is 2.39. The Morgan fingerprint density at radius 3 is 2.67 bits per heavy atom. The number of amides is 1. The SMILES string of the molecule is COc1cc(C(=O)NC2CCN(C)CC2)ccc1[N+](=O)[O-]. The lowest BCUT2D eigenvalue weighted by Gasteiger charge is -2.29. The molecular formula is C14H19N3O4. The summed E-state index contributed by atoms with van der Waals surface area (Å²) >= 11 is 0. The molecule has 0 spiro atoms. The van der Waals surface area contributed by atoms with Gasteiger partial charge >= 0.3 is 5.69 Å². The van der Waals surface area contributed by atoms with Gasteiger partial charge in [0, 0.05) is 23.7 Å². The number of rotatable bonds is 4. The van der Waals surface area contributed by atoms with Gasteiger partial charge in [0.1, 0.15) is 0 Å². The lowest BCUT2D eigenvalue weighted by atomic mass is 10.0. The number of nitrogens with one attached hydrogen (secondary N) is 1. The minimum absolute atomic E-state index is 0.0935. The van der Waals surface area contributed by atoms with Crippen molar-refractivity contribution in [2.75, 3.05) is 27.2 Å². The van der Waals surface area contributed by atoms with E-state index in [-0.39, 0.29) is 23.4 Å². The molecule has 1 N–H and O–H groups in total. The summed E-state index contributed by atoms with van der Waals surface area (Å²) in [6.45, 7) is 1.91. The first-order valence-electron chi connectivity index (χ1n) is 6.83. The highest BCUT2D eigenvalue weighted by Crippen LogP contribution is 2.27. The molecule has 1 amide bonds. The van der Waals surface area contributed by atoms with Gasteiger partial charge in [-0.1, -0.05) is 0 Å². The van der Waals surface area contributed by atoms with Gasteiger partial charge in [-0.3, -0.25) is 14.9 Å². The van der Waals surface area contributed by atoms with Crippen molar-refractivity contribution in [2.24, 2.45) is 0 Å². The zero-order chi connectivity index (χ0) is 15.4. The average Bonchev–Trinajstić information content (AvgIpc) is 2.48. The molecule has 7 nitrogen and oxygen atoms in total. The number of hydrogen-bond acceptors (Lipinski definition) is 5. The number of hydrogen-bond donors (Lipinski definition) is 1. The smallest absolute Gasteiger partial charge is 0.310 e. The van der Waals surface area contributed by atoms with E-state index in [1.54, 1.807) is 0 Å². The van der Waals surface area contributed by atoms with Crippen molar-refractivity contribution in [3.05, 3.63) is 33.9 Å². The molecule has 1 aromatic carbocycles. The number of carbonyl (C=O) groups is 1. The zero-order valence-corrected chi connectivity index (χ0v) is 12.2. The molecule has 1 aliphatic heterocycles. The number of benzene rings is 1. The van der Waals surface area contributed by atoms with Crippen molar-refractivity contribution in [3.8, 4) is 5.75 Å². The largest absolute Gasteiger partial charge is 0.490 e. The van der Waals surface area contributed by atoms with E-state index >= 15 is 0 Å². The number of nitro groups is 1. The minimum Gasteiger partial charge on any atom is -0.490 e. The van der Waals surface area contributed by atoms with Crippen molar-refractivity contribution < 1.29 is 14.5 Å². The molecule has 7 heteroatoms. The molecule has 114 valence electrons. The number of nitro benzene ring substituents is 1. The van der Waals surface area contributed by atoms with Gasteiger partial charge in [-0.25, -0.2) is 0 Å². The highest BCUT2D eigenvalue weighted by molar-refractivity contribution is 5.95. The van der Waals surface area contributed by atoms with Crippen LogP contribution in [0, 0.1) is 10.1 Å². The molecule has 0 unspecified atom stereocenters. The average molecular weight is 293 g/mol. The fourth-order valence-electron chi connectivity index (χ4n) is 2.39. The van der Waals surface area contributed by atoms with Gasteiger partial charge in [0.2, 0.25) is 0 Å². The molecule has 1 aliphatic rings. The van der Waals surface area contributed by atoms with E-state index in [4.69, 9.17) is 4.74 Å². The lowest BCUT2D eigenvalue weighted by Crippen LogP contribution is -2.43. The van der Waals surface area contributed by atoms with Crippen LogP contribution in [-0.4, -0.2) is 49.0 Å². The third-order valence-corrected chi connectivity index (χ3v) is 3.69. The van der Waals surface area contributed by atoms with E-state index in [1.807, 2.05) is 0 Å². The van der Waals surface area contributed by atoms with Crippen LogP contribution in [0.4, 0.5) is 5.69 Å². The molecule has 0 radical (unpaired) electrons. The van der Waals surface area contributed by atoms with Crippen LogP contribution in [0.15, 0.2) is 18.2 Å². The molecule has 2 rings (SSSR count). The van der Waals surface area contributed by atoms with E-state index < -0.39 is 4.92 Å². The first-order chi connectivity index (χ1) is 10.0. The van der Waals surface area contributed by atoms with E-state index in [0.29, 0.717) is 5.56 Å². The summed E-state index contributed by atoms with van der Waals surface area (Å²) in [7, 11) is 3.40.